The molecule has 20 heavy (non-hydrogen) atoms. The topological polar surface area (TPSA) is 41.6 Å². The first kappa shape index (κ1) is 14.9. The van der Waals surface area contributed by atoms with Crippen molar-refractivity contribution in [3.05, 3.63) is 29.8 Å². The van der Waals surface area contributed by atoms with E-state index >= 15 is 0 Å². The van der Waals surface area contributed by atoms with Crippen LogP contribution in [-0.4, -0.2) is 36.5 Å². The second-order valence-electron chi connectivity index (χ2n) is 5.22. The highest BCUT2D eigenvalue weighted by atomic mass is 16.5. The Balaban J connectivity index is 1.84. The number of hydrogen-bond donors (Lipinski definition) is 1. The number of rotatable bonds is 6. The van der Waals surface area contributed by atoms with E-state index in [0.717, 1.165) is 37.2 Å². The predicted octanol–water partition coefficient (Wildman–Crippen LogP) is 2.19. The number of benzene rings is 1. The Bertz CT molecular complexity index is 442. The second-order valence-corrected chi connectivity index (χ2v) is 5.22. The van der Waals surface area contributed by atoms with Crippen LogP contribution in [0.4, 0.5) is 0 Å². The van der Waals surface area contributed by atoms with Crippen LogP contribution >= 0.6 is 0 Å². The highest BCUT2D eigenvalue weighted by molar-refractivity contribution is 5.81. The zero-order valence-corrected chi connectivity index (χ0v) is 12.4. The lowest BCUT2D eigenvalue weighted by Gasteiger charge is -2.21. The van der Waals surface area contributed by atoms with Gasteiger partial charge in [0.25, 0.3) is 0 Å². The molecule has 1 aliphatic heterocycles. The molecule has 4 nitrogen and oxygen atoms in total. The molecule has 110 valence electrons. The Morgan fingerprint density at radius 3 is 2.85 bits per heavy atom. The normalized spacial score (nSPS) is 16.2. The van der Waals surface area contributed by atoms with Gasteiger partial charge in [0.05, 0.1) is 12.6 Å². The van der Waals surface area contributed by atoms with Crippen LogP contribution in [0.2, 0.25) is 0 Å². The van der Waals surface area contributed by atoms with Crippen molar-refractivity contribution in [3.8, 4) is 5.75 Å². The minimum Gasteiger partial charge on any atom is -0.494 e. The van der Waals surface area contributed by atoms with Gasteiger partial charge in [-0.1, -0.05) is 12.1 Å². The van der Waals surface area contributed by atoms with Crippen molar-refractivity contribution >= 4 is 5.91 Å². The van der Waals surface area contributed by atoms with Crippen LogP contribution in [0.25, 0.3) is 0 Å². The van der Waals surface area contributed by atoms with Crippen LogP contribution in [0.3, 0.4) is 0 Å². The van der Waals surface area contributed by atoms with E-state index in [9.17, 15) is 4.79 Å². The maximum Gasteiger partial charge on any atom is 0.239 e. The first-order valence-corrected chi connectivity index (χ1v) is 7.44. The summed E-state index contributed by atoms with van der Waals surface area (Å²) in [5.74, 6) is 1.09. The van der Waals surface area contributed by atoms with Gasteiger partial charge >= 0.3 is 0 Å². The monoisotopic (exact) mass is 276 g/mol. The van der Waals surface area contributed by atoms with E-state index in [2.05, 4.69) is 5.32 Å². The van der Waals surface area contributed by atoms with Gasteiger partial charge in [-0.25, -0.2) is 0 Å². The van der Waals surface area contributed by atoms with Crippen molar-refractivity contribution in [1.29, 1.82) is 0 Å². The maximum absolute atomic E-state index is 12.2. The molecule has 1 saturated heterocycles. The summed E-state index contributed by atoms with van der Waals surface area (Å²) in [5, 5.41) is 3.30. The van der Waals surface area contributed by atoms with Crippen LogP contribution in [0.15, 0.2) is 24.3 Å². The molecular weight excluding hydrogens is 252 g/mol. The Morgan fingerprint density at radius 2 is 2.15 bits per heavy atom. The molecule has 1 heterocycles. The quantitative estimate of drug-likeness (QED) is 0.866. The average Bonchev–Trinajstić information content (AvgIpc) is 2.99. The van der Waals surface area contributed by atoms with E-state index in [-0.39, 0.29) is 11.9 Å². The standard InChI is InChI=1S/C16H24N2O2/c1-3-20-15-8-6-7-14(11-15)12-17-13(2)16(19)18-9-4-5-10-18/h6-8,11,13,17H,3-5,9-10,12H2,1-2H3/t13-/m0/s1. The molecule has 1 fully saturated rings. The highest BCUT2D eigenvalue weighted by Crippen LogP contribution is 2.14. The molecule has 0 spiro atoms. The Labute approximate surface area is 121 Å². The SMILES string of the molecule is CCOc1cccc(CN[C@@H](C)C(=O)N2CCCC2)c1. The van der Waals surface area contributed by atoms with E-state index in [4.69, 9.17) is 4.74 Å². The summed E-state index contributed by atoms with van der Waals surface area (Å²) in [6.07, 6.45) is 2.27. The van der Waals surface area contributed by atoms with Crippen LogP contribution in [0.1, 0.15) is 32.3 Å². The summed E-state index contributed by atoms with van der Waals surface area (Å²) in [6.45, 7) is 7.08. The van der Waals surface area contributed by atoms with Crippen LogP contribution in [0, 0.1) is 0 Å². The van der Waals surface area contributed by atoms with E-state index < -0.39 is 0 Å². The average molecular weight is 276 g/mol. The number of nitrogens with zero attached hydrogens (tertiary/aromatic N) is 1. The van der Waals surface area contributed by atoms with E-state index in [1.807, 2.05) is 43.0 Å². The number of hydrogen-bond acceptors (Lipinski definition) is 3. The lowest BCUT2D eigenvalue weighted by Crippen LogP contribution is -2.43. The predicted molar refractivity (Wildman–Crippen MR) is 79.7 cm³/mol. The van der Waals surface area contributed by atoms with E-state index in [0.29, 0.717) is 13.2 Å². The van der Waals surface area contributed by atoms with Gasteiger partial charge in [0.15, 0.2) is 0 Å². The third-order valence-electron chi connectivity index (χ3n) is 3.61. The molecule has 1 aliphatic rings. The summed E-state index contributed by atoms with van der Waals surface area (Å²) in [5.41, 5.74) is 1.14. The van der Waals surface area contributed by atoms with Gasteiger partial charge < -0.3 is 15.0 Å². The molecule has 1 atom stereocenters. The number of carbonyl (C=O) groups is 1. The van der Waals surface area contributed by atoms with Crippen molar-refractivity contribution in [2.75, 3.05) is 19.7 Å². The summed E-state index contributed by atoms with van der Waals surface area (Å²) in [6, 6.07) is 7.86. The largest absolute Gasteiger partial charge is 0.494 e. The Kier molecular flexibility index (Phi) is 5.41. The fraction of sp³-hybridized carbons (Fsp3) is 0.562. The lowest BCUT2D eigenvalue weighted by molar-refractivity contribution is -0.131. The number of ether oxygens (including phenoxy) is 1. The smallest absolute Gasteiger partial charge is 0.239 e. The van der Waals surface area contributed by atoms with Crippen molar-refractivity contribution in [1.82, 2.24) is 10.2 Å². The number of nitrogens with one attached hydrogen (secondary N) is 1. The lowest BCUT2D eigenvalue weighted by atomic mass is 10.2. The molecule has 4 heteroatoms. The van der Waals surface area contributed by atoms with Crippen molar-refractivity contribution in [2.24, 2.45) is 0 Å². The molecule has 0 radical (unpaired) electrons. The molecule has 2 rings (SSSR count). The first-order valence-electron chi connectivity index (χ1n) is 7.44. The highest BCUT2D eigenvalue weighted by Gasteiger charge is 2.22. The van der Waals surface area contributed by atoms with E-state index in [1.165, 1.54) is 0 Å². The minimum atomic E-state index is -0.135. The van der Waals surface area contributed by atoms with Gasteiger partial charge in [-0.05, 0) is 44.4 Å². The van der Waals surface area contributed by atoms with Crippen LogP contribution < -0.4 is 10.1 Å². The number of amides is 1. The molecule has 0 aliphatic carbocycles. The van der Waals surface area contributed by atoms with E-state index in [1.54, 1.807) is 0 Å². The number of likely N-dealkylation sites (tertiary alicyclic amines) is 1. The van der Waals surface area contributed by atoms with Crippen LogP contribution in [-0.2, 0) is 11.3 Å². The first-order chi connectivity index (χ1) is 9.70. The third kappa shape index (κ3) is 3.97. The van der Waals surface area contributed by atoms with Gasteiger partial charge in [0.1, 0.15) is 5.75 Å². The fourth-order valence-electron chi connectivity index (χ4n) is 2.48. The molecular formula is C16H24N2O2. The third-order valence-corrected chi connectivity index (χ3v) is 3.61. The summed E-state index contributed by atoms with van der Waals surface area (Å²) >= 11 is 0. The van der Waals surface area contributed by atoms with Gasteiger partial charge in [-0.3, -0.25) is 4.79 Å². The summed E-state index contributed by atoms with van der Waals surface area (Å²) < 4.78 is 5.48. The molecule has 0 aromatic heterocycles. The van der Waals surface area contributed by atoms with Gasteiger partial charge in [-0.15, -0.1) is 0 Å². The van der Waals surface area contributed by atoms with Gasteiger partial charge in [-0.2, -0.15) is 0 Å². The van der Waals surface area contributed by atoms with Crippen molar-refractivity contribution < 1.29 is 9.53 Å². The van der Waals surface area contributed by atoms with Crippen LogP contribution in [0.5, 0.6) is 5.75 Å². The van der Waals surface area contributed by atoms with Gasteiger partial charge in [0, 0.05) is 19.6 Å². The summed E-state index contributed by atoms with van der Waals surface area (Å²) in [4.78, 5) is 14.1. The molecule has 1 aromatic rings. The molecule has 1 amide bonds. The minimum absolute atomic E-state index is 0.135. The Morgan fingerprint density at radius 1 is 1.40 bits per heavy atom. The molecule has 0 bridgehead atoms. The zero-order valence-electron chi connectivity index (χ0n) is 12.4. The molecule has 1 aromatic carbocycles. The maximum atomic E-state index is 12.2. The Hall–Kier alpha value is -1.55. The van der Waals surface area contributed by atoms with Gasteiger partial charge in [0.2, 0.25) is 5.91 Å². The fourth-order valence-corrected chi connectivity index (χ4v) is 2.48. The number of carbonyl (C=O) groups excluding carboxylic acids is 1. The second kappa shape index (κ2) is 7.29. The molecule has 1 N–H and O–H groups in total. The van der Waals surface area contributed by atoms with Crippen molar-refractivity contribution in [2.45, 2.75) is 39.3 Å². The van der Waals surface area contributed by atoms with Crippen molar-refractivity contribution in [3.63, 3.8) is 0 Å². The molecule has 0 saturated carbocycles. The molecule has 0 unspecified atom stereocenters. The summed E-state index contributed by atoms with van der Waals surface area (Å²) in [7, 11) is 0. The zero-order chi connectivity index (χ0) is 14.4.